The van der Waals surface area contributed by atoms with Crippen LogP contribution in [0.1, 0.15) is 92.9 Å². The number of aliphatic hydroxyl groups is 4. The lowest BCUT2D eigenvalue weighted by Crippen LogP contribution is -2.69. The number of allylic oxidation sites excluding steroid dienone is 1. The van der Waals surface area contributed by atoms with Crippen molar-refractivity contribution in [3.05, 3.63) is 11.6 Å². The summed E-state index contributed by atoms with van der Waals surface area (Å²) >= 11 is 0. The lowest BCUT2D eigenvalue weighted by atomic mass is 9.33. The maximum atomic E-state index is 12.8. The summed E-state index contributed by atoms with van der Waals surface area (Å²) in [6.45, 7) is 12.9. The highest BCUT2D eigenvalue weighted by Crippen LogP contribution is 2.75. The number of aliphatic carboxylic acids is 1. The van der Waals surface area contributed by atoms with Crippen molar-refractivity contribution < 1.29 is 30.3 Å². The number of rotatable bonds is 2. The van der Waals surface area contributed by atoms with E-state index < -0.39 is 35.1 Å². The Labute approximate surface area is 216 Å². The molecule has 0 radical (unpaired) electrons. The number of carboxylic acids is 1. The molecule has 11 atom stereocenters. The first kappa shape index (κ1) is 26.6. The van der Waals surface area contributed by atoms with Gasteiger partial charge < -0.3 is 25.5 Å². The Hall–Kier alpha value is -0.950. The normalized spacial score (nSPS) is 55.9. The van der Waals surface area contributed by atoms with E-state index in [0.29, 0.717) is 25.7 Å². The number of fused-ring (bicyclic) bond motifs is 7. The highest BCUT2D eigenvalue weighted by atomic mass is 16.4. The predicted octanol–water partition coefficient (Wildman–Crippen LogP) is 4.15. The Morgan fingerprint density at radius 2 is 1.56 bits per heavy atom. The van der Waals surface area contributed by atoms with Crippen LogP contribution in [0.3, 0.4) is 0 Å². The summed E-state index contributed by atoms with van der Waals surface area (Å²) in [5.41, 5.74) is -1.50. The van der Waals surface area contributed by atoms with Crippen molar-refractivity contribution in [2.45, 2.75) is 111 Å². The molecule has 204 valence electrons. The number of carbonyl (C=O) groups is 1. The summed E-state index contributed by atoms with van der Waals surface area (Å²) in [7, 11) is 0. The molecule has 6 nitrogen and oxygen atoms in total. The SMILES string of the molecule is CC1(C)CC[C@]2(C(=O)O)CC[C@]3(C)C(=CC[C@H]4[C@@]5(C)C[C@@H](O)[C@H](O)[C@](C)(CO)[C@@H]5CC[C@]43C)[C@@H]2[C@@H]1O. The van der Waals surface area contributed by atoms with E-state index in [9.17, 15) is 30.3 Å². The molecule has 4 saturated carbocycles. The Morgan fingerprint density at radius 1 is 0.917 bits per heavy atom. The second kappa shape index (κ2) is 7.80. The maximum Gasteiger partial charge on any atom is 0.310 e. The van der Waals surface area contributed by atoms with Gasteiger partial charge in [-0.05, 0) is 84.9 Å². The van der Waals surface area contributed by atoms with Gasteiger partial charge in [0.2, 0.25) is 0 Å². The molecule has 5 aliphatic carbocycles. The van der Waals surface area contributed by atoms with Gasteiger partial charge in [-0.3, -0.25) is 4.79 Å². The minimum Gasteiger partial charge on any atom is -0.481 e. The number of carboxylic acid groups (broad SMARTS) is 1. The molecule has 0 aromatic rings. The first-order valence-electron chi connectivity index (χ1n) is 14.1. The lowest BCUT2D eigenvalue weighted by molar-refractivity contribution is -0.245. The zero-order valence-corrected chi connectivity index (χ0v) is 23.0. The van der Waals surface area contributed by atoms with Gasteiger partial charge >= 0.3 is 5.97 Å². The molecule has 36 heavy (non-hydrogen) atoms. The van der Waals surface area contributed by atoms with Crippen molar-refractivity contribution in [3.63, 3.8) is 0 Å². The molecule has 0 aromatic carbocycles. The van der Waals surface area contributed by atoms with E-state index in [1.165, 1.54) is 0 Å². The average Bonchev–Trinajstić information content (AvgIpc) is 2.80. The number of aliphatic hydroxyl groups excluding tert-OH is 4. The molecular weight excluding hydrogens is 456 g/mol. The second-order valence-corrected chi connectivity index (χ2v) is 15.0. The van der Waals surface area contributed by atoms with Gasteiger partial charge in [-0.1, -0.05) is 53.2 Å². The lowest BCUT2D eigenvalue weighted by Gasteiger charge is -2.71. The Balaban J connectivity index is 1.63. The fourth-order valence-corrected chi connectivity index (χ4v) is 10.8. The minimum absolute atomic E-state index is 0.0888. The molecule has 0 bridgehead atoms. The Morgan fingerprint density at radius 3 is 2.17 bits per heavy atom. The van der Waals surface area contributed by atoms with Crippen molar-refractivity contribution in [3.8, 4) is 0 Å². The van der Waals surface area contributed by atoms with Gasteiger partial charge in [0.25, 0.3) is 0 Å². The van der Waals surface area contributed by atoms with Gasteiger partial charge in [0.1, 0.15) is 0 Å². The van der Waals surface area contributed by atoms with Crippen LogP contribution in [0.5, 0.6) is 0 Å². The zero-order valence-electron chi connectivity index (χ0n) is 23.0. The van der Waals surface area contributed by atoms with Gasteiger partial charge in [-0.25, -0.2) is 0 Å². The summed E-state index contributed by atoms with van der Waals surface area (Å²) in [6, 6.07) is 0. The summed E-state index contributed by atoms with van der Waals surface area (Å²) in [4.78, 5) is 12.8. The van der Waals surface area contributed by atoms with Crippen LogP contribution in [-0.2, 0) is 4.79 Å². The largest absolute Gasteiger partial charge is 0.481 e. The van der Waals surface area contributed by atoms with Crippen molar-refractivity contribution >= 4 is 5.97 Å². The van der Waals surface area contributed by atoms with Gasteiger partial charge in [-0.2, -0.15) is 0 Å². The van der Waals surface area contributed by atoms with Crippen LogP contribution in [0.15, 0.2) is 11.6 Å². The predicted molar refractivity (Wildman–Crippen MR) is 137 cm³/mol. The molecule has 0 amide bonds. The topological polar surface area (TPSA) is 118 Å². The van der Waals surface area contributed by atoms with E-state index >= 15 is 0 Å². The Kier molecular flexibility index (Phi) is 5.77. The third kappa shape index (κ3) is 2.96. The van der Waals surface area contributed by atoms with E-state index in [4.69, 9.17) is 0 Å². The van der Waals surface area contributed by atoms with Gasteiger partial charge in [0.15, 0.2) is 0 Å². The highest BCUT2D eigenvalue weighted by molar-refractivity contribution is 5.77. The third-order valence-corrected chi connectivity index (χ3v) is 13.4. The molecule has 0 heterocycles. The quantitative estimate of drug-likeness (QED) is 0.361. The van der Waals surface area contributed by atoms with Crippen molar-refractivity contribution in [1.82, 2.24) is 0 Å². The smallest absolute Gasteiger partial charge is 0.310 e. The molecule has 0 unspecified atom stereocenters. The molecule has 4 fully saturated rings. The molecular formula is C30H48O6. The van der Waals surface area contributed by atoms with Crippen LogP contribution in [0.4, 0.5) is 0 Å². The summed E-state index contributed by atoms with van der Waals surface area (Å²) in [5.74, 6) is -0.833. The molecule has 6 heteroatoms. The monoisotopic (exact) mass is 504 g/mol. The number of hydrogen-bond donors (Lipinski definition) is 5. The summed E-state index contributed by atoms with van der Waals surface area (Å²) in [6.07, 6.45) is 5.48. The van der Waals surface area contributed by atoms with Crippen LogP contribution in [0.2, 0.25) is 0 Å². The van der Waals surface area contributed by atoms with Gasteiger partial charge in [0.05, 0.1) is 30.3 Å². The Bertz CT molecular complexity index is 974. The summed E-state index contributed by atoms with van der Waals surface area (Å²) in [5, 5.41) is 54.5. The molecule has 5 rings (SSSR count). The highest BCUT2D eigenvalue weighted by Gasteiger charge is 2.71. The van der Waals surface area contributed by atoms with E-state index in [1.807, 2.05) is 6.92 Å². The first-order chi connectivity index (χ1) is 16.5. The minimum atomic E-state index is -0.944. The van der Waals surface area contributed by atoms with E-state index in [2.05, 4.69) is 40.7 Å². The van der Waals surface area contributed by atoms with Crippen molar-refractivity contribution in [2.24, 2.45) is 50.2 Å². The van der Waals surface area contributed by atoms with Crippen LogP contribution >= 0.6 is 0 Å². The standard InChI is InChI=1S/C30H48O6/c1-25(2)11-13-30(24(35)36)14-12-28(5)17(21(30)23(25)34)7-8-20-26(3)15-18(32)22(33)27(4,16-31)19(26)9-10-29(20,28)6/h7,18-23,31-34H,8-16H2,1-6H3,(H,35,36)/t18-,19-,20+,21-,22+,23+,26+,27-,28-,29-,30+/m1/s1. The van der Waals surface area contributed by atoms with E-state index in [1.54, 1.807) is 0 Å². The zero-order chi connectivity index (χ0) is 26.7. The average molecular weight is 505 g/mol. The van der Waals surface area contributed by atoms with Crippen molar-refractivity contribution in [1.29, 1.82) is 0 Å². The van der Waals surface area contributed by atoms with E-state index in [-0.39, 0.29) is 46.0 Å². The molecule has 0 saturated heterocycles. The molecule has 5 N–H and O–H groups in total. The second-order valence-electron chi connectivity index (χ2n) is 15.0. The van der Waals surface area contributed by atoms with Gasteiger partial charge in [0, 0.05) is 11.3 Å². The molecule has 0 aliphatic heterocycles. The molecule has 0 spiro atoms. The fourth-order valence-electron chi connectivity index (χ4n) is 10.8. The summed E-state index contributed by atoms with van der Waals surface area (Å²) < 4.78 is 0. The van der Waals surface area contributed by atoms with Gasteiger partial charge in [-0.15, -0.1) is 0 Å². The van der Waals surface area contributed by atoms with Crippen LogP contribution < -0.4 is 0 Å². The van der Waals surface area contributed by atoms with Crippen LogP contribution in [0.25, 0.3) is 0 Å². The molecule has 0 aromatic heterocycles. The number of hydrogen-bond acceptors (Lipinski definition) is 5. The fraction of sp³-hybridized carbons (Fsp3) is 0.900. The third-order valence-electron chi connectivity index (χ3n) is 13.4. The van der Waals surface area contributed by atoms with Crippen LogP contribution in [-0.4, -0.2) is 56.4 Å². The van der Waals surface area contributed by atoms with Crippen LogP contribution in [0, 0.1) is 50.2 Å². The van der Waals surface area contributed by atoms with Crippen molar-refractivity contribution in [2.75, 3.05) is 6.61 Å². The first-order valence-corrected chi connectivity index (χ1v) is 14.1. The maximum absolute atomic E-state index is 12.8. The molecule has 5 aliphatic rings. The van der Waals surface area contributed by atoms with E-state index in [0.717, 1.165) is 31.3 Å².